The average Bonchev–Trinajstić information content (AvgIpc) is 1.69. The molecule has 0 aliphatic heterocycles. The van der Waals surface area contributed by atoms with Crippen LogP contribution in [-0.4, -0.2) is 31.5 Å². The zero-order valence-electron chi connectivity index (χ0n) is 69.4. The standard InChI is InChI=1S/C28H28O.C20H23FO.C20H24O.C19H21BrO.C19H22O/c1-19-15-27-26-16-21(10-9-20-7-5-4-6-8-20)23-12-11-22(29-3)17-25(23)24(26)13-14-28(27,2)18-19;1-12-8-18-17-10-19(21)15-5-4-13(22-3)9-16(15)14(17)6-7-20(18,2)11-12;1-13-10-19-17-7-5-14-4-6-15(21-3)11-18(14)16(17)8-9-20(19,2)12-13;1-11-7-17-16-9-18(20)14-4-3-12(21)8-15(14)13(16)5-6-19(17,2)10-11;1-12-9-18-16-6-4-13-3-5-14(20)10-17(13)15(16)7-8-19(18,2)11-12/h4-8,11-12,16-17,19,27H,13-15,18H2,1-3H3;4-5,9-10,12,18H,6-8,11H2,1-3H3;4-7,11,13,19H,8-10,12H2,1-3H3;3-4,8-9,11,17,21H,5-7,10H2,1-2H3;3-6,10,12,18,20H,7-9,11H2,1-2H3/t19-,27+,28-;12-,18-,20+;13-,19-,20+;11-,17+,19-;12-,18-,19+/m10010/s1. The second kappa shape index (κ2) is 30.1. The number of rotatable bonds is 3. The van der Waals surface area contributed by atoms with Gasteiger partial charge in [-0.15, -0.1) is 0 Å². The molecule has 11 aromatic carbocycles. The molecule has 21 rings (SSSR count). The summed E-state index contributed by atoms with van der Waals surface area (Å²) in [5, 5.41) is 31.8. The van der Waals surface area contributed by atoms with Crippen LogP contribution >= 0.6 is 15.9 Å². The van der Waals surface area contributed by atoms with Crippen LogP contribution in [-0.2, 0) is 32.1 Å². The third-order valence-corrected chi connectivity index (χ3v) is 31.5. The molecule has 10 aliphatic carbocycles. The van der Waals surface area contributed by atoms with Gasteiger partial charge >= 0.3 is 0 Å². The lowest BCUT2D eigenvalue weighted by Gasteiger charge is -2.38. The zero-order chi connectivity index (χ0) is 78.8. The summed E-state index contributed by atoms with van der Waals surface area (Å²) in [5.74, 6) is 17.7. The highest BCUT2D eigenvalue weighted by Crippen LogP contribution is 2.64. The molecule has 5 nitrogen and oxygen atoms in total. The van der Waals surface area contributed by atoms with Gasteiger partial charge < -0.3 is 24.4 Å². The van der Waals surface area contributed by atoms with E-state index in [1.807, 2.05) is 66.7 Å². The lowest BCUT2D eigenvalue weighted by Crippen LogP contribution is -2.27. The summed E-state index contributed by atoms with van der Waals surface area (Å²) in [5.41, 5.74) is 19.4. The van der Waals surface area contributed by atoms with Gasteiger partial charge in [-0.2, -0.15) is 0 Å². The summed E-state index contributed by atoms with van der Waals surface area (Å²) in [6.45, 7) is 24.4. The minimum absolute atomic E-state index is 0.0831. The molecule has 113 heavy (non-hydrogen) atoms. The van der Waals surface area contributed by atoms with E-state index in [1.54, 1.807) is 55.7 Å². The van der Waals surface area contributed by atoms with E-state index in [2.05, 4.69) is 182 Å². The average molecular weight is 1570 g/mol. The Morgan fingerprint density at radius 2 is 0.681 bits per heavy atom. The fourth-order valence-electron chi connectivity index (χ4n) is 25.7. The predicted octanol–water partition coefficient (Wildman–Crippen LogP) is 28.3. The number of aromatic hydroxyl groups is 2. The number of phenols is 2. The van der Waals surface area contributed by atoms with Crippen molar-refractivity contribution >= 4 is 69.8 Å². The molecule has 5 saturated carbocycles. The van der Waals surface area contributed by atoms with Crippen LogP contribution in [0.1, 0.15) is 262 Å². The molecule has 5 fully saturated rings. The highest BCUT2D eigenvalue weighted by molar-refractivity contribution is 9.10. The summed E-state index contributed by atoms with van der Waals surface area (Å²) in [4.78, 5) is 0. The van der Waals surface area contributed by atoms with Crippen molar-refractivity contribution in [1.29, 1.82) is 0 Å². The van der Waals surface area contributed by atoms with Crippen molar-refractivity contribution in [2.24, 2.45) is 56.7 Å². The number of ether oxygens (including phenoxy) is 3. The molecule has 10 aliphatic rings. The van der Waals surface area contributed by atoms with Crippen LogP contribution in [0.25, 0.3) is 53.9 Å². The topological polar surface area (TPSA) is 68.2 Å². The molecular weight excluding hydrogens is 1450 g/mol. The Kier molecular flexibility index (Phi) is 20.6. The number of benzene rings is 11. The number of fused-ring (bicyclic) bond motifs is 25. The normalized spacial score (nSPS) is 29.5. The van der Waals surface area contributed by atoms with Gasteiger partial charge in [0.2, 0.25) is 0 Å². The van der Waals surface area contributed by atoms with Crippen molar-refractivity contribution in [2.75, 3.05) is 21.3 Å². The summed E-state index contributed by atoms with van der Waals surface area (Å²) >= 11 is 3.75. The van der Waals surface area contributed by atoms with E-state index in [1.165, 1.54) is 184 Å². The van der Waals surface area contributed by atoms with Crippen LogP contribution in [0.3, 0.4) is 0 Å². The first-order chi connectivity index (χ1) is 54.2. The molecule has 586 valence electrons. The molecule has 7 heteroatoms. The van der Waals surface area contributed by atoms with Gasteiger partial charge in [-0.3, -0.25) is 0 Å². The SMILES string of the molecule is COc1ccc2c(C#Cc3ccccc3)cc3c(c2c1)CC[C@]1(C)C[C@H](C)C[C@@H]31.COc1ccc2c(F)cc3c(c2c1)CC[C@]1(C)C[C@@H](C)C[C@@H]31.COc1ccc2ccc3c(c2c1)CC[C@]1(C)C[C@@H](C)C[C@@H]31.C[C@@H]1C[C@H]2c3cc(Br)c4ccc(O)cc4c3CC[C@]2(C)C1.C[C@H]1C[C@H]2c3ccc4ccc(O)cc4c3CC[C@]2(C)C1. The number of phenolic OH excluding ortho intramolecular Hbond substituents is 2. The molecule has 15 atom stereocenters. The van der Waals surface area contributed by atoms with Crippen LogP contribution < -0.4 is 14.2 Å². The molecule has 0 aromatic heterocycles. The maximum atomic E-state index is 14.6. The molecule has 0 amide bonds. The van der Waals surface area contributed by atoms with Gasteiger partial charge in [0.1, 0.15) is 34.6 Å². The van der Waals surface area contributed by atoms with E-state index >= 15 is 0 Å². The van der Waals surface area contributed by atoms with Gasteiger partial charge in [-0.1, -0.05) is 152 Å². The number of hydrogen-bond donors (Lipinski definition) is 2. The van der Waals surface area contributed by atoms with Crippen LogP contribution in [0.15, 0.2) is 168 Å². The highest BCUT2D eigenvalue weighted by atomic mass is 79.9. The number of aryl methyl sites for hydroxylation is 5. The quantitative estimate of drug-likeness (QED) is 0.173. The third kappa shape index (κ3) is 14.2. The Hall–Kier alpha value is -8.31. The van der Waals surface area contributed by atoms with Crippen molar-refractivity contribution in [3.8, 4) is 40.6 Å². The fraction of sp³-hybridized carbons (Fsp3) is 0.453. The summed E-state index contributed by atoms with van der Waals surface area (Å²) in [7, 11) is 5.18. The Morgan fingerprint density at radius 3 is 1.14 bits per heavy atom. The summed E-state index contributed by atoms with van der Waals surface area (Å²) in [6.07, 6.45) is 25.4. The Bertz CT molecular complexity index is 5590. The van der Waals surface area contributed by atoms with E-state index < -0.39 is 0 Å². The number of halogens is 2. The van der Waals surface area contributed by atoms with Crippen LogP contribution in [0.4, 0.5) is 4.39 Å². The fourth-order valence-corrected chi connectivity index (χ4v) is 26.3. The highest BCUT2D eigenvalue weighted by Gasteiger charge is 2.51. The number of hydrogen-bond acceptors (Lipinski definition) is 5. The lowest BCUT2D eigenvalue weighted by molar-refractivity contribution is 0.248. The number of methoxy groups -OCH3 is 3. The largest absolute Gasteiger partial charge is 0.508 e. The molecule has 0 saturated heterocycles. The maximum Gasteiger partial charge on any atom is 0.131 e. The molecule has 0 radical (unpaired) electrons. The molecule has 11 aromatic rings. The molecule has 2 N–H and O–H groups in total. The lowest BCUT2D eigenvalue weighted by atomic mass is 9.66. The van der Waals surface area contributed by atoms with Crippen LogP contribution in [0.2, 0.25) is 0 Å². The van der Waals surface area contributed by atoms with Gasteiger partial charge in [0.15, 0.2) is 0 Å². The van der Waals surface area contributed by atoms with Crippen molar-refractivity contribution < 1.29 is 28.8 Å². The Morgan fingerprint density at radius 1 is 0.345 bits per heavy atom. The van der Waals surface area contributed by atoms with Crippen LogP contribution in [0.5, 0.6) is 28.7 Å². The third-order valence-electron chi connectivity index (χ3n) is 30.9. The van der Waals surface area contributed by atoms with Crippen molar-refractivity contribution in [3.63, 3.8) is 0 Å². The van der Waals surface area contributed by atoms with Crippen LogP contribution in [0, 0.1) is 74.3 Å². The predicted molar refractivity (Wildman–Crippen MR) is 471 cm³/mol. The van der Waals surface area contributed by atoms with Gasteiger partial charge in [-0.05, 0) is 428 Å². The van der Waals surface area contributed by atoms with Gasteiger partial charge in [-0.25, -0.2) is 4.39 Å². The molecule has 0 spiro atoms. The van der Waals surface area contributed by atoms with Crippen molar-refractivity contribution in [1.82, 2.24) is 0 Å². The first-order valence-electron chi connectivity index (χ1n) is 43.0. The van der Waals surface area contributed by atoms with E-state index in [9.17, 15) is 14.6 Å². The van der Waals surface area contributed by atoms with Gasteiger partial charge in [0.05, 0.1) is 21.3 Å². The van der Waals surface area contributed by atoms with Crippen molar-refractivity contribution in [3.05, 3.63) is 241 Å². The monoisotopic (exact) mass is 1570 g/mol. The molecule has 0 bridgehead atoms. The smallest absolute Gasteiger partial charge is 0.131 e. The summed E-state index contributed by atoms with van der Waals surface area (Å²) < 4.78 is 32.2. The Balaban J connectivity index is 0.000000103. The molecular formula is C106H118BrFO5. The van der Waals surface area contributed by atoms with Gasteiger partial charge in [0.25, 0.3) is 0 Å². The minimum atomic E-state index is -0.0831. The van der Waals surface area contributed by atoms with E-state index in [0.29, 0.717) is 62.2 Å². The molecule has 0 heterocycles. The molecule has 0 unspecified atom stereocenters. The van der Waals surface area contributed by atoms with Crippen molar-refractivity contribution in [2.45, 2.75) is 227 Å². The first-order valence-corrected chi connectivity index (χ1v) is 43.8. The minimum Gasteiger partial charge on any atom is -0.508 e. The summed E-state index contributed by atoms with van der Waals surface area (Å²) in [6, 6.07) is 56.4. The zero-order valence-corrected chi connectivity index (χ0v) is 71.0. The van der Waals surface area contributed by atoms with Gasteiger partial charge in [0, 0.05) is 21.0 Å². The van der Waals surface area contributed by atoms with E-state index in [-0.39, 0.29) is 5.82 Å². The second-order valence-electron chi connectivity index (χ2n) is 39.0. The van der Waals surface area contributed by atoms with E-state index in [4.69, 9.17) is 14.2 Å². The Labute approximate surface area is 680 Å². The maximum absolute atomic E-state index is 14.6. The van der Waals surface area contributed by atoms with E-state index in [0.717, 1.165) is 100 Å². The second-order valence-corrected chi connectivity index (χ2v) is 39.9. The first kappa shape index (κ1) is 77.3.